The molecule has 0 unspecified atom stereocenters. The van der Waals surface area contributed by atoms with Crippen molar-refractivity contribution in [1.82, 2.24) is 0 Å². The number of carboxylic acid groups (broad SMARTS) is 1. The molecular formula is C2H5NO2W. The van der Waals surface area contributed by atoms with E-state index < -0.39 is 5.97 Å². The average Bonchev–Trinajstić information content (AvgIpc) is 1.38. The monoisotopic (exact) mass is 259 g/mol. The van der Waals surface area contributed by atoms with Crippen molar-refractivity contribution in [2.45, 2.75) is 0 Å². The van der Waals surface area contributed by atoms with Crippen molar-refractivity contribution in [2.24, 2.45) is 5.73 Å². The molecule has 0 aromatic carbocycles. The van der Waals surface area contributed by atoms with E-state index in [1.54, 1.807) is 0 Å². The Morgan fingerprint density at radius 1 is 1.83 bits per heavy atom. The van der Waals surface area contributed by atoms with Crippen LogP contribution in [0.1, 0.15) is 0 Å². The summed E-state index contributed by atoms with van der Waals surface area (Å²) in [6.07, 6.45) is 0. The first-order chi connectivity index (χ1) is 2.27. The second-order valence-corrected chi connectivity index (χ2v) is 0.598. The maximum atomic E-state index is 9.24. The zero-order chi connectivity index (χ0) is 4.28. The van der Waals surface area contributed by atoms with E-state index in [1.165, 1.54) is 0 Å². The number of nitrogens with two attached hydrogens (primary N) is 1. The molecular weight excluding hydrogens is 254 g/mol. The SMILES string of the molecule is NCC(=O)O.[W]. The summed E-state index contributed by atoms with van der Waals surface area (Å²) < 4.78 is 0. The molecule has 0 atom stereocenters. The predicted octanol–water partition coefficient (Wildman–Crippen LogP) is -0.973. The van der Waals surface area contributed by atoms with Crippen LogP contribution in [0.5, 0.6) is 0 Å². The molecule has 0 aliphatic heterocycles. The smallest absolute Gasteiger partial charge is 0.317 e. The fraction of sp³-hybridized carbons (Fsp3) is 0.500. The quantitative estimate of drug-likeness (QED) is 0.636. The number of carboxylic acids is 1. The number of hydrogen-bond donors (Lipinski definition) is 2. The minimum atomic E-state index is -0.968. The molecule has 0 aromatic rings. The molecule has 0 aliphatic carbocycles. The summed E-state index contributed by atoms with van der Waals surface area (Å²) in [5.74, 6) is -0.968. The van der Waals surface area contributed by atoms with Crippen LogP contribution in [-0.2, 0) is 25.9 Å². The summed E-state index contributed by atoms with van der Waals surface area (Å²) in [6.45, 7) is -0.278. The van der Waals surface area contributed by atoms with Gasteiger partial charge in [0.05, 0.1) is 6.54 Å². The van der Waals surface area contributed by atoms with Gasteiger partial charge in [0.25, 0.3) is 0 Å². The number of carbonyl (C=O) groups is 1. The third-order valence-electron chi connectivity index (χ3n) is 0.175. The Balaban J connectivity index is 0. The zero-order valence-electron chi connectivity index (χ0n) is 3.05. The Kier molecular flexibility index (Phi) is 8.06. The Labute approximate surface area is 49.8 Å². The van der Waals surface area contributed by atoms with Gasteiger partial charge in [-0.25, -0.2) is 0 Å². The maximum absolute atomic E-state index is 9.24. The summed E-state index contributed by atoms with van der Waals surface area (Å²) in [6, 6.07) is 0. The van der Waals surface area contributed by atoms with E-state index in [1.807, 2.05) is 0 Å². The van der Waals surface area contributed by atoms with E-state index in [2.05, 4.69) is 5.73 Å². The minimum Gasteiger partial charge on any atom is -0.480 e. The summed E-state index contributed by atoms with van der Waals surface area (Å²) in [4.78, 5) is 9.24. The molecule has 0 radical (unpaired) electrons. The second kappa shape index (κ2) is 5.12. The summed E-state index contributed by atoms with van der Waals surface area (Å²) in [5, 5.41) is 7.60. The van der Waals surface area contributed by atoms with Gasteiger partial charge in [-0.2, -0.15) is 0 Å². The van der Waals surface area contributed by atoms with Crippen LogP contribution in [0.25, 0.3) is 0 Å². The van der Waals surface area contributed by atoms with Gasteiger partial charge in [-0.1, -0.05) is 0 Å². The van der Waals surface area contributed by atoms with Crippen LogP contribution in [0.2, 0.25) is 0 Å². The van der Waals surface area contributed by atoms with Crippen LogP contribution in [0, 0.1) is 0 Å². The normalized spacial score (nSPS) is 6.17. The maximum Gasteiger partial charge on any atom is 0.317 e. The van der Waals surface area contributed by atoms with Crippen molar-refractivity contribution in [3.63, 3.8) is 0 Å². The van der Waals surface area contributed by atoms with Crippen molar-refractivity contribution in [3.8, 4) is 0 Å². The van der Waals surface area contributed by atoms with Crippen molar-refractivity contribution in [2.75, 3.05) is 6.54 Å². The van der Waals surface area contributed by atoms with Crippen LogP contribution in [-0.4, -0.2) is 17.6 Å². The number of aliphatic carboxylic acids is 1. The van der Waals surface area contributed by atoms with Gasteiger partial charge in [0.15, 0.2) is 0 Å². The van der Waals surface area contributed by atoms with Gasteiger partial charge in [-0.3, -0.25) is 4.79 Å². The average molecular weight is 259 g/mol. The first kappa shape index (κ1) is 9.45. The topological polar surface area (TPSA) is 63.3 Å². The third-order valence-corrected chi connectivity index (χ3v) is 0.175. The van der Waals surface area contributed by atoms with Crippen LogP contribution >= 0.6 is 0 Å². The summed E-state index contributed by atoms with van der Waals surface area (Å²) in [7, 11) is 0. The molecule has 3 nitrogen and oxygen atoms in total. The van der Waals surface area contributed by atoms with Crippen LogP contribution in [0.3, 0.4) is 0 Å². The first-order valence-electron chi connectivity index (χ1n) is 1.19. The zero-order valence-corrected chi connectivity index (χ0v) is 5.98. The molecule has 0 heterocycles. The number of hydrogen-bond acceptors (Lipinski definition) is 2. The minimum absolute atomic E-state index is 0. The van der Waals surface area contributed by atoms with E-state index >= 15 is 0 Å². The Morgan fingerprint density at radius 2 is 2.00 bits per heavy atom. The molecule has 0 bridgehead atoms. The summed E-state index contributed by atoms with van der Waals surface area (Å²) >= 11 is 0. The number of rotatable bonds is 1. The van der Waals surface area contributed by atoms with Gasteiger partial charge >= 0.3 is 5.97 Å². The summed E-state index contributed by atoms with van der Waals surface area (Å²) in [5.41, 5.74) is 4.57. The van der Waals surface area contributed by atoms with E-state index in [0.717, 1.165) is 0 Å². The molecule has 0 spiro atoms. The fourth-order valence-corrected chi connectivity index (χ4v) is 0. The largest absolute Gasteiger partial charge is 0.480 e. The van der Waals surface area contributed by atoms with E-state index in [0.29, 0.717) is 0 Å². The Hall–Kier alpha value is 0.118. The fourth-order valence-electron chi connectivity index (χ4n) is 0. The molecule has 4 heteroatoms. The molecule has 0 amide bonds. The van der Waals surface area contributed by atoms with Gasteiger partial charge in [0, 0.05) is 21.1 Å². The molecule has 0 fully saturated rings. The van der Waals surface area contributed by atoms with Crippen molar-refractivity contribution < 1.29 is 31.0 Å². The van der Waals surface area contributed by atoms with E-state index in [4.69, 9.17) is 5.11 Å². The van der Waals surface area contributed by atoms with Crippen molar-refractivity contribution in [1.29, 1.82) is 0 Å². The Bertz CT molecular complexity index is 46.8. The third kappa shape index (κ3) is 8.92. The van der Waals surface area contributed by atoms with Gasteiger partial charge in [-0.05, 0) is 0 Å². The molecule has 0 saturated heterocycles. The first-order valence-corrected chi connectivity index (χ1v) is 1.19. The van der Waals surface area contributed by atoms with E-state index in [-0.39, 0.29) is 27.6 Å². The second-order valence-electron chi connectivity index (χ2n) is 0.598. The molecule has 0 saturated carbocycles. The molecule has 0 aliphatic rings. The van der Waals surface area contributed by atoms with Gasteiger partial charge in [-0.15, -0.1) is 0 Å². The Morgan fingerprint density at radius 3 is 2.00 bits per heavy atom. The van der Waals surface area contributed by atoms with Crippen molar-refractivity contribution >= 4 is 5.97 Å². The standard InChI is InChI=1S/C2H5NO2.W/c3-1-2(4)5;/h1,3H2,(H,4,5);. The van der Waals surface area contributed by atoms with Gasteiger partial charge < -0.3 is 10.8 Å². The molecule has 0 aromatic heterocycles. The molecule has 6 heavy (non-hydrogen) atoms. The molecule has 3 N–H and O–H groups in total. The van der Waals surface area contributed by atoms with Crippen LogP contribution in [0.4, 0.5) is 0 Å². The van der Waals surface area contributed by atoms with Gasteiger partial charge in [0.1, 0.15) is 0 Å². The van der Waals surface area contributed by atoms with Crippen molar-refractivity contribution in [3.05, 3.63) is 0 Å². The predicted molar refractivity (Wildman–Crippen MR) is 16.7 cm³/mol. The molecule has 0 rings (SSSR count). The van der Waals surface area contributed by atoms with Crippen LogP contribution in [0.15, 0.2) is 0 Å². The van der Waals surface area contributed by atoms with Gasteiger partial charge in [0.2, 0.25) is 0 Å². The molecule has 36 valence electrons. The van der Waals surface area contributed by atoms with Crippen LogP contribution < -0.4 is 5.73 Å². The van der Waals surface area contributed by atoms with E-state index in [9.17, 15) is 4.79 Å².